The van der Waals surface area contributed by atoms with Crippen molar-refractivity contribution in [2.24, 2.45) is 0 Å². The highest BCUT2D eigenvalue weighted by Crippen LogP contribution is 2.37. The highest BCUT2D eigenvalue weighted by molar-refractivity contribution is 7.99. The van der Waals surface area contributed by atoms with Gasteiger partial charge >= 0.3 is 0 Å². The van der Waals surface area contributed by atoms with Crippen LogP contribution in [0.3, 0.4) is 0 Å². The first-order chi connectivity index (χ1) is 9.74. The zero-order chi connectivity index (χ0) is 13.9. The summed E-state index contributed by atoms with van der Waals surface area (Å²) in [6.07, 6.45) is 4.93. The molecule has 1 saturated carbocycles. The lowest BCUT2D eigenvalue weighted by molar-refractivity contribution is 0.423. The van der Waals surface area contributed by atoms with Crippen LogP contribution in [0.15, 0.2) is 29.4 Å². The van der Waals surface area contributed by atoms with E-state index in [4.69, 9.17) is 5.73 Å². The molecule has 0 amide bonds. The lowest BCUT2D eigenvalue weighted by atomic mass is 10.1. The maximum atomic E-state index is 5.84. The molecule has 2 aromatic rings. The molecule has 0 saturated heterocycles. The van der Waals surface area contributed by atoms with E-state index < -0.39 is 0 Å². The molecular weight excluding hydrogens is 270 g/mol. The van der Waals surface area contributed by atoms with Crippen LogP contribution in [-0.4, -0.2) is 20.2 Å². The molecule has 2 N–H and O–H groups in total. The number of hydrogen-bond donors (Lipinski definition) is 1. The van der Waals surface area contributed by atoms with E-state index in [1.165, 1.54) is 31.2 Å². The van der Waals surface area contributed by atoms with Crippen molar-refractivity contribution in [2.45, 2.75) is 49.1 Å². The van der Waals surface area contributed by atoms with Gasteiger partial charge in [0.05, 0.1) is 6.04 Å². The molecule has 5 nitrogen and oxygen atoms in total. The normalized spacial score (nSPS) is 17.4. The van der Waals surface area contributed by atoms with Gasteiger partial charge in [0.2, 0.25) is 5.16 Å². The standard InChI is InChI=1S/C14H19N5S/c1-10(11-5-4-6-12(15)9-11)20-14-16-17-18-19(14)13-7-2-3-8-13/h4-6,9-10,13H,2-3,7-8,15H2,1H3. The van der Waals surface area contributed by atoms with Crippen LogP contribution < -0.4 is 5.73 Å². The predicted molar refractivity (Wildman–Crippen MR) is 80.4 cm³/mol. The number of rotatable bonds is 4. The Morgan fingerprint density at radius 3 is 2.90 bits per heavy atom. The van der Waals surface area contributed by atoms with E-state index in [1.54, 1.807) is 11.8 Å². The summed E-state index contributed by atoms with van der Waals surface area (Å²) < 4.78 is 2.00. The van der Waals surface area contributed by atoms with Gasteiger partial charge in [0, 0.05) is 10.9 Å². The summed E-state index contributed by atoms with van der Waals surface area (Å²) in [5.74, 6) is 0. The van der Waals surface area contributed by atoms with Gasteiger partial charge in [-0.2, -0.15) is 0 Å². The average molecular weight is 289 g/mol. The lowest BCUT2D eigenvalue weighted by Crippen LogP contribution is -2.08. The Balaban J connectivity index is 1.76. The zero-order valence-electron chi connectivity index (χ0n) is 11.6. The van der Waals surface area contributed by atoms with Gasteiger partial charge in [0.25, 0.3) is 0 Å². The van der Waals surface area contributed by atoms with Crippen molar-refractivity contribution in [3.05, 3.63) is 29.8 Å². The van der Waals surface area contributed by atoms with E-state index in [1.807, 2.05) is 22.9 Å². The highest BCUT2D eigenvalue weighted by Gasteiger charge is 2.23. The van der Waals surface area contributed by atoms with E-state index in [-0.39, 0.29) is 5.25 Å². The average Bonchev–Trinajstić information content (AvgIpc) is 3.08. The van der Waals surface area contributed by atoms with E-state index in [9.17, 15) is 0 Å². The minimum Gasteiger partial charge on any atom is -0.399 e. The largest absolute Gasteiger partial charge is 0.399 e. The molecule has 3 rings (SSSR count). The molecule has 0 spiro atoms. The Hall–Kier alpha value is -1.56. The summed E-state index contributed by atoms with van der Waals surface area (Å²) in [7, 11) is 0. The molecule has 1 unspecified atom stereocenters. The summed E-state index contributed by atoms with van der Waals surface area (Å²) in [5, 5.41) is 13.4. The van der Waals surface area contributed by atoms with Crippen molar-refractivity contribution >= 4 is 17.4 Å². The van der Waals surface area contributed by atoms with Crippen LogP contribution >= 0.6 is 11.8 Å². The molecule has 1 aliphatic carbocycles. The first-order valence-corrected chi connectivity index (χ1v) is 7.92. The Kier molecular flexibility index (Phi) is 3.91. The maximum Gasteiger partial charge on any atom is 0.210 e. The van der Waals surface area contributed by atoms with Crippen LogP contribution in [0.1, 0.15) is 49.5 Å². The van der Waals surface area contributed by atoms with Gasteiger partial charge in [0.1, 0.15) is 0 Å². The van der Waals surface area contributed by atoms with Crippen LogP contribution in [0.4, 0.5) is 5.69 Å². The van der Waals surface area contributed by atoms with Gasteiger partial charge in [-0.15, -0.1) is 5.10 Å². The van der Waals surface area contributed by atoms with Crippen molar-refractivity contribution in [1.82, 2.24) is 20.2 Å². The number of tetrazole rings is 1. The van der Waals surface area contributed by atoms with Crippen LogP contribution in [0, 0.1) is 0 Å². The Labute approximate surface area is 122 Å². The molecule has 1 fully saturated rings. The number of nitrogens with two attached hydrogens (primary N) is 1. The molecule has 0 radical (unpaired) electrons. The molecule has 106 valence electrons. The quantitative estimate of drug-likeness (QED) is 0.691. The fourth-order valence-corrected chi connectivity index (χ4v) is 3.66. The minimum atomic E-state index is 0.282. The fourth-order valence-electron chi connectivity index (χ4n) is 2.68. The third kappa shape index (κ3) is 2.80. The number of thioether (sulfide) groups is 1. The van der Waals surface area contributed by atoms with E-state index >= 15 is 0 Å². The number of hydrogen-bond acceptors (Lipinski definition) is 5. The van der Waals surface area contributed by atoms with Gasteiger partial charge in [-0.3, -0.25) is 0 Å². The minimum absolute atomic E-state index is 0.282. The predicted octanol–water partition coefficient (Wildman–Crippen LogP) is 3.22. The topological polar surface area (TPSA) is 69.6 Å². The Morgan fingerprint density at radius 1 is 1.35 bits per heavy atom. The van der Waals surface area contributed by atoms with Gasteiger partial charge in [0.15, 0.2) is 0 Å². The first kappa shape index (κ1) is 13.4. The highest BCUT2D eigenvalue weighted by atomic mass is 32.2. The molecule has 20 heavy (non-hydrogen) atoms. The third-order valence-corrected chi connectivity index (χ3v) is 4.90. The third-order valence-electron chi connectivity index (χ3n) is 3.80. The molecule has 0 bridgehead atoms. The van der Waals surface area contributed by atoms with E-state index in [2.05, 4.69) is 28.5 Å². The Bertz CT molecular complexity index is 576. The monoisotopic (exact) mass is 289 g/mol. The van der Waals surface area contributed by atoms with Crippen LogP contribution in [0.2, 0.25) is 0 Å². The molecule has 1 heterocycles. The number of nitrogens with zero attached hydrogens (tertiary/aromatic N) is 4. The number of anilines is 1. The summed E-state index contributed by atoms with van der Waals surface area (Å²) >= 11 is 1.70. The molecule has 1 aromatic heterocycles. The second kappa shape index (κ2) is 5.83. The van der Waals surface area contributed by atoms with Crippen LogP contribution in [0.25, 0.3) is 0 Å². The molecule has 1 atom stereocenters. The SMILES string of the molecule is CC(Sc1nnnn1C1CCCC1)c1cccc(N)c1. The van der Waals surface area contributed by atoms with Crippen molar-refractivity contribution in [2.75, 3.05) is 5.73 Å². The van der Waals surface area contributed by atoms with E-state index in [0.717, 1.165) is 10.8 Å². The second-order valence-electron chi connectivity index (χ2n) is 5.27. The number of nitrogen functional groups attached to an aromatic ring is 1. The molecule has 1 aromatic carbocycles. The number of aromatic nitrogens is 4. The van der Waals surface area contributed by atoms with Crippen molar-refractivity contribution < 1.29 is 0 Å². The van der Waals surface area contributed by atoms with Crippen molar-refractivity contribution in [1.29, 1.82) is 0 Å². The van der Waals surface area contributed by atoms with Crippen molar-refractivity contribution in [3.8, 4) is 0 Å². The molecular formula is C14H19N5S. The second-order valence-corrected chi connectivity index (χ2v) is 6.58. The first-order valence-electron chi connectivity index (χ1n) is 7.04. The smallest absolute Gasteiger partial charge is 0.210 e. The Morgan fingerprint density at radius 2 is 2.15 bits per heavy atom. The van der Waals surface area contributed by atoms with Gasteiger partial charge < -0.3 is 5.73 Å². The van der Waals surface area contributed by atoms with Gasteiger partial charge in [-0.25, -0.2) is 4.68 Å². The van der Waals surface area contributed by atoms with Gasteiger partial charge in [-0.05, 0) is 47.9 Å². The van der Waals surface area contributed by atoms with Crippen LogP contribution in [-0.2, 0) is 0 Å². The maximum absolute atomic E-state index is 5.84. The summed E-state index contributed by atoms with van der Waals surface area (Å²) in [6.45, 7) is 2.16. The molecule has 1 aliphatic rings. The fraction of sp³-hybridized carbons (Fsp3) is 0.500. The summed E-state index contributed by atoms with van der Waals surface area (Å²) in [6, 6.07) is 8.48. The van der Waals surface area contributed by atoms with E-state index in [0.29, 0.717) is 6.04 Å². The molecule has 0 aliphatic heterocycles. The van der Waals surface area contributed by atoms with Gasteiger partial charge in [-0.1, -0.05) is 36.7 Å². The zero-order valence-corrected chi connectivity index (χ0v) is 12.4. The van der Waals surface area contributed by atoms with Crippen molar-refractivity contribution in [3.63, 3.8) is 0 Å². The number of benzene rings is 1. The molecule has 6 heteroatoms. The lowest BCUT2D eigenvalue weighted by Gasteiger charge is -2.14. The van der Waals surface area contributed by atoms with Crippen LogP contribution in [0.5, 0.6) is 0 Å². The summed E-state index contributed by atoms with van der Waals surface area (Å²) in [5.41, 5.74) is 7.85. The summed E-state index contributed by atoms with van der Waals surface area (Å²) in [4.78, 5) is 0.